The molecule has 1 unspecified atom stereocenters. The second kappa shape index (κ2) is 13.9. The van der Waals surface area contributed by atoms with Crippen molar-refractivity contribution in [3.63, 3.8) is 0 Å². The summed E-state index contributed by atoms with van der Waals surface area (Å²) in [6.45, 7) is 2.26. The van der Waals surface area contributed by atoms with E-state index < -0.39 is 11.9 Å². The standard InChI is InChI=1S/C35H38N6O3/c1-23(28-17-20-31-29(21-28)9-6-10-32(31)44-2)38-35(43)41(30-18-15-26(16-19-30)25-7-4-3-5-8-25)22-24-11-13-27(14-12-24)33(42)39-34(36)40-37/h6,9-21,23,25,37H,3-5,7-8,22H2,1-2H3,(H,38,43)(H2,36,39,42). The number of hydrogen-bond donors (Lipinski definition) is 4. The van der Waals surface area contributed by atoms with Gasteiger partial charge in [0, 0.05) is 16.6 Å². The Kier molecular flexibility index (Phi) is 9.64. The van der Waals surface area contributed by atoms with Crippen LogP contribution in [0.2, 0.25) is 0 Å². The molecular formula is C35H38N6O3. The zero-order valence-corrected chi connectivity index (χ0v) is 25.1. The van der Waals surface area contributed by atoms with Gasteiger partial charge < -0.3 is 10.1 Å². The van der Waals surface area contributed by atoms with Crippen molar-refractivity contribution in [2.45, 2.75) is 57.5 Å². The van der Waals surface area contributed by atoms with Crippen LogP contribution in [-0.2, 0) is 6.54 Å². The zero-order chi connectivity index (χ0) is 31.1. The smallest absolute Gasteiger partial charge is 0.322 e. The maximum atomic E-state index is 13.9. The van der Waals surface area contributed by atoms with E-state index in [1.54, 1.807) is 36.3 Å². The Morgan fingerprint density at radius 2 is 1.70 bits per heavy atom. The van der Waals surface area contributed by atoms with Gasteiger partial charge in [-0.25, -0.2) is 10.3 Å². The minimum Gasteiger partial charge on any atom is -0.496 e. The summed E-state index contributed by atoms with van der Waals surface area (Å²) in [5.74, 6) is 0.321. The van der Waals surface area contributed by atoms with Crippen molar-refractivity contribution in [1.82, 2.24) is 10.6 Å². The normalized spacial score (nSPS) is 14.0. The maximum Gasteiger partial charge on any atom is 0.322 e. The fraction of sp³-hybridized carbons (Fsp3) is 0.286. The van der Waals surface area contributed by atoms with E-state index in [-0.39, 0.29) is 18.6 Å². The van der Waals surface area contributed by atoms with Crippen molar-refractivity contribution >= 4 is 34.4 Å². The molecule has 0 spiro atoms. The highest BCUT2D eigenvalue weighted by Gasteiger charge is 2.21. The van der Waals surface area contributed by atoms with Gasteiger partial charge in [-0.2, -0.15) is 0 Å². The summed E-state index contributed by atoms with van der Waals surface area (Å²) < 4.78 is 5.50. The Labute approximate surface area is 257 Å². The Balaban J connectivity index is 1.37. The van der Waals surface area contributed by atoms with Crippen LogP contribution in [0.25, 0.3) is 10.8 Å². The fourth-order valence-electron chi connectivity index (χ4n) is 5.86. The molecule has 0 saturated heterocycles. The molecule has 3 amide bonds. The van der Waals surface area contributed by atoms with Crippen molar-refractivity contribution < 1.29 is 14.3 Å². The number of nitrogens with one attached hydrogen (secondary N) is 4. The van der Waals surface area contributed by atoms with E-state index in [0.717, 1.165) is 33.3 Å². The molecule has 0 bridgehead atoms. The van der Waals surface area contributed by atoms with Crippen LogP contribution in [0.3, 0.4) is 0 Å². The van der Waals surface area contributed by atoms with E-state index in [1.165, 1.54) is 37.7 Å². The van der Waals surface area contributed by atoms with Crippen molar-refractivity contribution in [3.8, 4) is 5.75 Å². The van der Waals surface area contributed by atoms with Crippen molar-refractivity contribution in [3.05, 3.63) is 107 Å². The quantitative estimate of drug-likeness (QED) is 0.0940. The molecule has 226 valence electrons. The molecule has 1 saturated carbocycles. The van der Waals surface area contributed by atoms with E-state index in [4.69, 9.17) is 15.7 Å². The lowest BCUT2D eigenvalue weighted by atomic mass is 9.84. The van der Waals surface area contributed by atoms with Crippen LogP contribution in [0.1, 0.15) is 78.0 Å². The summed E-state index contributed by atoms with van der Waals surface area (Å²) >= 11 is 0. The first-order chi connectivity index (χ1) is 21.4. The molecule has 4 aromatic carbocycles. The third kappa shape index (κ3) is 7.11. The molecule has 5 rings (SSSR count). The highest BCUT2D eigenvalue weighted by atomic mass is 16.5. The molecule has 9 heteroatoms. The summed E-state index contributed by atoms with van der Waals surface area (Å²) in [6, 6.07) is 26.7. The van der Waals surface area contributed by atoms with Crippen LogP contribution >= 0.6 is 0 Å². The first-order valence-corrected chi connectivity index (χ1v) is 15.0. The monoisotopic (exact) mass is 590 g/mol. The zero-order valence-electron chi connectivity index (χ0n) is 25.1. The van der Waals surface area contributed by atoms with Crippen LogP contribution < -0.4 is 20.3 Å². The summed E-state index contributed by atoms with van der Waals surface area (Å²) in [7, 11) is 1.66. The minimum absolute atomic E-state index is 0.235. The largest absolute Gasteiger partial charge is 0.496 e. The number of guanidine groups is 1. The molecule has 1 aliphatic carbocycles. The lowest BCUT2D eigenvalue weighted by Crippen LogP contribution is -2.40. The second-order valence-electron chi connectivity index (χ2n) is 11.2. The predicted molar refractivity (Wildman–Crippen MR) is 173 cm³/mol. The number of rotatable bonds is 8. The summed E-state index contributed by atoms with van der Waals surface area (Å²) in [4.78, 5) is 27.9. The van der Waals surface area contributed by atoms with Crippen LogP contribution in [0.15, 0.2) is 90.0 Å². The van der Waals surface area contributed by atoms with Crippen LogP contribution in [0.5, 0.6) is 5.75 Å². The SMILES string of the molecule is COc1cccc2cc(C(C)NC(=O)N(Cc3ccc(C(=O)NC(=N)N=N)cc3)c3ccc(C4CCCCC4)cc3)ccc12. The molecule has 0 radical (unpaired) electrons. The minimum atomic E-state index is -0.529. The van der Waals surface area contributed by atoms with Crippen molar-refractivity contribution in [2.75, 3.05) is 12.0 Å². The number of methoxy groups -OCH3 is 1. The molecule has 1 atom stereocenters. The van der Waals surface area contributed by atoms with E-state index in [2.05, 4.69) is 33.9 Å². The third-order valence-electron chi connectivity index (χ3n) is 8.35. The Morgan fingerprint density at radius 1 is 0.977 bits per heavy atom. The Hall–Kier alpha value is -5.05. The Morgan fingerprint density at radius 3 is 2.39 bits per heavy atom. The highest BCUT2D eigenvalue weighted by molar-refractivity contribution is 6.04. The topological polar surface area (TPSA) is 131 Å². The summed E-state index contributed by atoms with van der Waals surface area (Å²) in [5.41, 5.74) is 11.1. The molecule has 4 aromatic rings. The van der Waals surface area contributed by atoms with Crippen molar-refractivity contribution in [2.24, 2.45) is 5.11 Å². The first-order valence-electron chi connectivity index (χ1n) is 15.0. The number of carbonyl (C=O) groups excluding carboxylic acids is 2. The maximum absolute atomic E-state index is 13.9. The average molecular weight is 591 g/mol. The molecule has 4 N–H and O–H groups in total. The molecule has 0 heterocycles. The number of carbonyl (C=O) groups is 2. The van der Waals surface area contributed by atoms with Gasteiger partial charge in [0.1, 0.15) is 5.75 Å². The van der Waals surface area contributed by atoms with Gasteiger partial charge in [0.15, 0.2) is 0 Å². The van der Waals surface area contributed by atoms with Crippen LogP contribution in [0.4, 0.5) is 10.5 Å². The van der Waals surface area contributed by atoms with Crippen molar-refractivity contribution in [1.29, 1.82) is 10.9 Å². The van der Waals surface area contributed by atoms with Gasteiger partial charge in [0.2, 0.25) is 5.96 Å². The lowest BCUT2D eigenvalue weighted by Gasteiger charge is -2.27. The highest BCUT2D eigenvalue weighted by Crippen LogP contribution is 2.34. The molecular weight excluding hydrogens is 552 g/mol. The summed E-state index contributed by atoms with van der Waals surface area (Å²) in [6.07, 6.45) is 6.22. The number of anilines is 1. The van der Waals surface area contributed by atoms with E-state index in [0.29, 0.717) is 11.5 Å². The van der Waals surface area contributed by atoms with Gasteiger partial charge in [0.25, 0.3) is 5.91 Å². The van der Waals surface area contributed by atoms with Crippen LogP contribution in [-0.4, -0.2) is 25.0 Å². The van der Waals surface area contributed by atoms with E-state index in [1.807, 2.05) is 49.4 Å². The number of urea groups is 1. The number of amides is 3. The molecule has 9 nitrogen and oxygen atoms in total. The number of hydrogen-bond acceptors (Lipinski definition) is 5. The predicted octanol–water partition coefficient (Wildman–Crippen LogP) is 8.07. The van der Waals surface area contributed by atoms with E-state index in [9.17, 15) is 9.59 Å². The van der Waals surface area contributed by atoms with Gasteiger partial charge in [-0.05, 0) is 84.2 Å². The number of ether oxygens (including phenoxy) is 1. The molecule has 1 aliphatic rings. The summed E-state index contributed by atoms with van der Waals surface area (Å²) in [5, 5.41) is 17.8. The Bertz CT molecular complexity index is 1650. The van der Waals surface area contributed by atoms with Gasteiger partial charge in [-0.1, -0.05) is 67.8 Å². The van der Waals surface area contributed by atoms with Gasteiger partial charge >= 0.3 is 6.03 Å². The molecule has 0 aromatic heterocycles. The fourth-order valence-corrected chi connectivity index (χ4v) is 5.86. The van der Waals surface area contributed by atoms with Gasteiger partial charge in [0.05, 0.1) is 19.7 Å². The second-order valence-corrected chi connectivity index (χ2v) is 11.2. The first kappa shape index (κ1) is 30.4. The van der Waals surface area contributed by atoms with Gasteiger partial charge in [-0.3, -0.25) is 20.4 Å². The molecule has 0 aliphatic heterocycles. The van der Waals surface area contributed by atoms with E-state index >= 15 is 0 Å². The average Bonchev–Trinajstić information content (AvgIpc) is 3.07. The van der Waals surface area contributed by atoms with Crippen LogP contribution in [0, 0.1) is 10.9 Å². The number of fused-ring (bicyclic) bond motifs is 1. The lowest BCUT2D eigenvalue weighted by molar-refractivity contribution is 0.0976. The molecule has 44 heavy (non-hydrogen) atoms. The van der Waals surface area contributed by atoms with Gasteiger partial charge in [-0.15, -0.1) is 5.11 Å². The third-order valence-corrected chi connectivity index (χ3v) is 8.35. The number of nitrogens with zero attached hydrogens (tertiary/aromatic N) is 2. The molecule has 1 fully saturated rings. The number of benzene rings is 4.